The lowest BCUT2D eigenvalue weighted by molar-refractivity contribution is -0.127. The zero-order chi connectivity index (χ0) is 21.9. The molecule has 0 N–H and O–H groups in total. The summed E-state index contributed by atoms with van der Waals surface area (Å²) < 4.78 is 0. The Kier molecular flexibility index (Phi) is 9.14. The van der Waals surface area contributed by atoms with Gasteiger partial charge >= 0.3 is 0 Å². The predicted molar refractivity (Wildman–Crippen MR) is 128 cm³/mol. The van der Waals surface area contributed by atoms with Gasteiger partial charge in [0.1, 0.15) is 5.92 Å². The molecule has 4 heteroatoms. The van der Waals surface area contributed by atoms with Crippen molar-refractivity contribution in [3.05, 3.63) is 60.7 Å². The van der Waals surface area contributed by atoms with Crippen molar-refractivity contribution in [2.45, 2.75) is 77.6 Å². The van der Waals surface area contributed by atoms with E-state index in [0.29, 0.717) is 6.42 Å². The van der Waals surface area contributed by atoms with Crippen LogP contribution in [-0.4, -0.2) is 11.8 Å². The summed E-state index contributed by atoms with van der Waals surface area (Å²) in [5, 5.41) is 3.11. The summed E-state index contributed by atoms with van der Waals surface area (Å²) in [6.45, 7) is 2.25. The quantitative estimate of drug-likeness (QED) is 0.261. The van der Waals surface area contributed by atoms with Gasteiger partial charge < -0.3 is 0 Å². The third kappa shape index (κ3) is 6.19. The maximum Gasteiger partial charge on any atom is 0.258 e. The molecule has 0 aliphatic carbocycles. The number of rotatable bonds is 13. The molecule has 0 saturated carbocycles. The number of benzene rings is 2. The Morgan fingerprint density at radius 1 is 0.581 bits per heavy atom. The van der Waals surface area contributed by atoms with Crippen LogP contribution in [0.4, 0.5) is 11.4 Å². The van der Waals surface area contributed by atoms with Crippen LogP contribution in [0, 0.1) is 5.92 Å². The Bertz CT molecular complexity index is 749. The van der Waals surface area contributed by atoms with E-state index in [0.717, 1.165) is 24.2 Å². The minimum Gasteiger partial charge on any atom is -0.272 e. The number of anilines is 2. The molecule has 1 heterocycles. The van der Waals surface area contributed by atoms with Gasteiger partial charge in [0.25, 0.3) is 11.8 Å². The zero-order valence-electron chi connectivity index (χ0n) is 18.8. The van der Waals surface area contributed by atoms with E-state index < -0.39 is 5.92 Å². The highest BCUT2D eigenvalue weighted by atomic mass is 16.2. The van der Waals surface area contributed by atoms with Crippen molar-refractivity contribution in [1.82, 2.24) is 0 Å². The van der Waals surface area contributed by atoms with Crippen molar-refractivity contribution in [3.63, 3.8) is 0 Å². The first-order valence-electron chi connectivity index (χ1n) is 12.0. The van der Waals surface area contributed by atoms with Gasteiger partial charge in [0.2, 0.25) is 0 Å². The lowest BCUT2D eigenvalue weighted by atomic mass is 9.99. The van der Waals surface area contributed by atoms with Crippen LogP contribution in [0.5, 0.6) is 0 Å². The Morgan fingerprint density at radius 2 is 0.968 bits per heavy atom. The van der Waals surface area contributed by atoms with Gasteiger partial charge in [-0.05, 0) is 30.7 Å². The number of amides is 2. The van der Waals surface area contributed by atoms with Gasteiger partial charge in [-0.25, -0.2) is 10.0 Å². The largest absolute Gasteiger partial charge is 0.272 e. The van der Waals surface area contributed by atoms with Crippen LogP contribution in [0.1, 0.15) is 77.6 Å². The van der Waals surface area contributed by atoms with Crippen LogP contribution in [0.15, 0.2) is 60.7 Å². The minimum atomic E-state index is -0.588. The van der Waals surface area contributed by atoms with E-state index in [-0.39, 0.29) is 11.8 Å². The minimum absolute atomic E-state index is 0.115. The number of carbonyl (C=O) groups excluding carboxylic acids is 2. The van der Waals surface area contributed by atoms with Crippen LogP contribution in [-0.2, 0) is 9.59 Å². The van der Waals surface area contributed by atoms with E-state index in [1.165, 1.54) is 51.4 Å². The van der Waals surface area contributed by atoms with Crippen molar-refractivity contribution in [1.29, 1.82) is 0 Å². The second kappa shape index (κ2) is 12.3. The van der Waals surface area contributed by atoms with E-state index in [1.54, 1.807) is 10.0 Å². The second-order valence-electron chi connectivity index (χ2n) is 8.49. The van der Waals surface area contributed by atoms with E-state index in [1.807, 2.05) is 60.7 Å². The maximum absolute atomic E-state index is 13.3. The van der Waals surface area contributed by atoms with Crippen molar-refractivity contribution < 1.29 is 9.59 Å². The average molecular weight is 421 g/mol. The first-order chi connectivity index (χ1) is 15.2. The molecule has 166 valence electrons. The van der Waals surface area contributed by atoms with Gasteiger partial charge in [0.05, 0.1) is 11.4 Å². The highest BCUT2D eigenvalue weighted by molar-refractivity contribution is 6.22. The summed E-state index contributed by atoms with van der Waals surface area (Å²) in [6.07, 6.45) is 13.1. The number of hydrogen-bond donors (Lipinski definition) is 0. The molecule has 1 saturated heterocycles. The van der Waals surface area contributed by atoms with Gasteiger partial charge in [-0.15, -0.1) is 0 Å². The SMILES string of the molecule is CCCCCCCCCCCCC1C(=O)N(c2ccccc2)N(c2ccccc2)C1=O. The van der Waals surface area contributed by atoms with Crippen LogP contribution in [0.2, 0.25) is 0 Å². The fraction of sp³-hybridized carbons (Fsp3) is 0.481. The van der Waals surface area contributed by atoms with Gasteiger partial charge in [-0.3, -0.25) is 9.59 Å². The number of nitrogens with zero attached hydrogens (tertiary/aromatic N) is 2. The number of hydrogen-bond acceptors (Lipinski definition) is 2. The van der Waals surface area contributed by atoms with Gasteiger partial charge in [-0.2, -0.15) is 0 Å². The Hall–Kier alpha value is -2.62. The highest BCUT2D eigenvalue weighted by Gasteiger charge is 2.46. The van der Waals surface area contributed by atoms with Crippen molar-refractivity contribution in [3.8, 4) is 0 Å². The molecule has 0 spiro atoms. The standard InChI is InChI=1S/C27H36N2O2/c1-2-3-4-5-6-7-8-9-10-17-22-25-26(30)28(23-18-13-11-14-19-23)29(27(25)31)24-20-15-12-16-21-24/h11-16,18-21,25H,2-10,17,22H2,1H3. The molecule has 1 fully saturated rings. The molecule has 0 atom stereocenters. The van der Waals surface area contributed by atoms with E-state index in [9.17, 15) is 9.59 Å². The van der Waals surface area contributed by atoms with Crippen LogP contribution in [0.25, 0.3) is 0 Å². The van der Waals surface area contributed by atoms with Gasteiger partial charge in [0, 0.05) is 0 Å². The zero-order valence-corrected chi connectivity index (χ0v) is 18.8. The molecule has 0 aromatic heterocycles. The molecule has 2 aromatic carbocycles. The van der Waals surface area contributed by atoms with Crippen molar-refractivity contribution >= 4 is 23.2 Å². The van der Waals surface area contributed by atoms with Crippen molar-refractivity contribution in [2.75, 3.05) is 10.0 Å². The fourth-order valence-electron chi connectivity index (χ4n) is 4.30. The summed E-state index contributed by atoms with van der Waals surface area (Å²) in [4.78, 5) is 26.5. The van der Waals surface area contributed by atoms with Gasteiger partial charge in [-0.1, -0.05) is 108 Å². The van der Waals surface area contributed by atoms with Crippen LogP contribution >= 0.6 is 0 Å². The number of hydrazine groups is 1. The molecular weight excluding hydrogens is 384 g/mol. The third-order valence-electron chi connectivity index (χ3n) is 6.06. The van der Waals surface area contributed by atoms with E-state index in [2.05, 4.69) is 6.92 Å². The molecule has 1 aliphatic rings. The number of carbonyl (C=O) groups is 2. The highest BCUT2D eigenvalue weighted by Crippen LogP contribution is 2.33. The van der Waals surface area contributed by atoms with Crippen molar-refractivity contribution in [2.24, 2.45) is 5.92 Å². The van der Waals surface area contributed by atoms with Crippen LogP contribution < -0.4 is 10.0 Å². The van der Waals surface area contributed by atoms with E-state index >= 15 is 0 Å². The average Bonchev–Trinajstić information content (AvgIpc) is 3.06. The molecule has 2 aromatic rings. The molecule has 0 unspecified atom stereocenters. The Labute approximate surface area is 187 Å². The summed E-state index contributed by atoms with van der Waals surface area (Å²) in [7, 11) is 0. The molecule has 2 amide bonds. The first kappa shape index (κ1) is 23.1. The molecular formula is C27H36N2O2. The van der Waals surface area contributed by atoms with E-state index in [4.69, 9.17) is 0 Å². The molecule has 0 bridgehead atoms. The lowest BCUT2D eigenvalue weighted by Crippen LogP contribution is -2.41. The molecule has 0 radical (unpaired) electrons. The topological polar surface area (TPSA) is 40.6 Å². The monoisotopic (exact) mass is 420 g/mol. The summed E-state index contributed by atoms with van der Waals surface area (Å²) in [6, 6.07) is 18.9. The molecule has 3 rings (SSSR count). The third-order valence-corrected chi connectivity index (χ3v) is 6.06. The van der Waals surface area contributed by atoms with Gasteiger partial charge in [0.15, 0.2) is 0 Å². The summed E-state index contributed by atoms with van der Waals surface area (Å²) in [5.74, 6) is -0.818. The Morgan fingerprint density at radius 3 is 1.39 bits per heavy atom. The molecule has 31 heavy (non-hydrogen) atoms. The smallest absolute Gasteiger partial charge is 0.258 e. The first-order valence-corrected chi connectivity index (χ1v) is 12.0. The maximum atomic E-state index is 13.3. The normalized spacial score (nSPS) is 14.6. The summed E-state index contributed by atoms with van der Waals surface area (Å²) >= 11 is 0. The number of unbranched alkanes of at least 4 members (excludes halogenated alkanes) is 9. The summed E-state index contributed by atoms with van der Waals surface area (Å²) in [5.41, 5.74) is 1.46. The molecule has 1 aliphatic heterocycles. The predicted octanol–water partition coefficient (Wildman–Crippen LogP) is 6.91. The number of para-hydroxylation sites is 2. The van der Waals surface area contributed by atoms with Crippen LogP contribution in [0.3, 0.4) is 0 Å². The Balaban J connectivity index is 1.54. The fourth-order valence-corrected chi connectivity index (χ4v) is 4.30. The lowest BCUT2D eigenvalue weighted by Gasteiger charge is -2.27. The molecule has 4 nitrogen and oxygen atoms in total. The second-order valence-corrected chi connectivity index (χ2v) is 8.49.